The van der Waals surface area contributed by atoms with Gasteiger partial charge in [-0.25, -0.2) is 4.79 Å². The largest absolute Gasteiger partial charge is 0.478 e. The molecule has 37 heavy (non-hydrogen) atoms. The third-order valence-corrected chi connectivity index (χ3v) is 6.57. The van der Waals surface area contributed by atoms with E-state index in [2.05, 4.69) is 34.9 Å². The van der Waals surface area contributed by atoms with Crippen molar-refractivity contribution in [3.8, 4) is 11.1 Å². The van der Waals surface area contributed by atoms with E-state index in [1.165, 1.54) is 0 Å². The smallest absolute Gasteiger partial charge is 0.335 e. The standard InChI is InChI=1S/C31H27N3O3/c1-20(21-15-17-23(18-16-21)31(36)37)32-30(35)29-28(26-13-6-7-14-27(26)34(29)2)33-25-12-8-11-24(19-25)22-9-4-3-5-10-22/h3-20,33H,1-2H3,(H,32,35)(H,36,37). The number of fused-ring (bicyclic) bond motifs is 1. The number of carbonyl (C=O) groups is 2. The summed E-state index contributed by atoms with van der Waals surface area (Å²) in [5.74, 6) is -1.21. The second-order valence-electron chi connectivity index (χ2n) is 8.99. The summed E-state index contributed by atoms with van der Waals surface area (Å²) in [6, 6.07) is 32.4. The third kappa shape index (κ3) is 4.82. The normalized spacial score (nSPS) is 11.7. The summed E-state index contributed by atoms with van der Waals surface area (Å²) < 4.78 is 1.90. The van der Waals surface area contributed by atoms with Crippen molar-refractivity contribution in [2.24, 2.45) is 7.05 Å². The molecule has 4 aromatic carbocycles. The van der Waals surface area contributed by atoms with Crippen LogP contribution in [0, 0.1) is 0 Å². The van der Waals surface area contributed by atoms with Gasteiger partial charge in [-0.2, -0.15) is 0 Å². The van der Waals surface area contributed by atoms with Gasteiger partial charge >= 0.3 is 5.97 Å². The van der Waals surface area contributed by atoms with Gasteiger partial charge in [0.25, 0.3) is 5.91 Å². The second kappa shape index (κ2) is 10.0. The van der Waals surface area contributed by atoms with Crippen molar-refractivity contribution in [1.29, 1.82) is 0 Å². The number of aromatic nitrogens is 1. The summed E-state index contributed by atoms with van der Waals surface area (Å²) in [5.41, 5.74) is 6.29. The predicted molar refractivity (Wildman–Crippen MR) is 147 cm³/mol. The maximum Gasteiger partial charge on any atom is 0.335 e. The van der Waals surface area contributed by atoms with E-state index >= 15 is 0 Å². The Kier molecular flexibility index (Phi) is 6.47. The maximum absolute atomic E-state index is 13.6. The number of carbonyl (C=O) groups excluding carboxylic acids is 1. The van der Waals surface area contributed by atoms with Crippen molar-refractivity contribution >= 4 is 34.2 Å². The van der Waals surface area contributed by atoms with E-state index in [0.29, 0.717) is 5.69 Å². The molecule has 0 saturated heterocycles. The molecule has 0 spiro atoms. The highest BCUT2D eigenvalue weighted by Crippen LogP contribution is 2.34. The molecular formula is C31H27N3O3. The number of carboxylic acids is 1. The molecule has 5 rings (SSSR count). The van der Waals surface area contributed by atoms with Crippen molar-refractivity contribution < 1.29 is 14.7 Å². The van der Waals surface area contributed by atoms with Crippen LogP contribution in [-0.2, 0) is 7.05 Å². The average molecular weight is 490 g/mol. The van der Waals surface area contributed by atoms with Gasteiger partial charge in [0.1, 0.15) is 5.69 Å². The quantitative estimate of drug-likeness (QED) is 0.235. The zero-order chi connectivity index (χ0) is 25.9. The van der Waals surface area contributed by atoms with Gasteiger partial charge in [-0.15, -0.1) is 0 Å². The van der Waals surface area contributed by atoms with Crippen LogP contribution in [0.5, 0.6) is 0 Å². The minimum Gasteiger partial charge on any atom is -0.478 e. The van der Waals surface area contributed by atoms with E-state index in [9.17, 15) is 9.59 Å². The average Bonchev–Trinajstić information content (AvgIpc) is 3.20. The monoisotopic (exact) mass is 489 g/mol. The van der Waals surface area contributed by atoms with Crippen molar-refractivity contribution in [3.63, 3.8) is 0 Å². The molecule has 1 amide bonds. The molecule has 184 valence electrons. The number of anilines is 2. The number of para-hydroxylation sites is 1. The predicted octanol–water partition coefficient (Wildman–Crippen LogP) is 6.78. The number of rotatable bonds is 7. The van der Waals surface area contributed by atoms with E-state index < -0.39 is 5.97 Å². The SMILES string of the molecule is CC(NC(=O)c1c(Nc2cccc(-c3ccccc3)c2)c2ccccc2n1C)c1ccc(C(=O)O)cc1. The van der Waals surface area contributed by atoms with Gasteiger partial charge in [0.15, 0.2) is 0 Å². The Morgan fingerprint density at radius 1 is 0.811 bits per heavy atom. The first-order valence-electron chi connectivity index (χ1n) is 12.1. The highest BCUT2D eigenvalue weighted by Gasteiger charge is 2.23. The molecule has 0 aliphatic heterocycles. The molecule has 1 heterocycles. The molecule has 1 atom stereocenters. The van der Waals surface area contributed by atoms with Gasteiger partial charge in [0.05, 0.1) is 22.8 Å². The van der Waals surface area contributed by atoms with Crippen LogP contribution < -0.4 is 10.6 Å². The second-order valence-corrected chi connectivity index (χ2v) is 8.99. The molecule has 0 saturated carbocycles. The fraction of sp³-hybridized carbons (Fsp3) is 0.0968. The topological polar surface area (TPSA) is 83.4 Å². The summed E-state index contributed by atoms with van der Waals surface area (Å²) >= 11 is 0. The Hall–Kier alpha value is -4.84. The lowest BCUT2D eigenvalue weighted by Crippen LogP contribution is -2.29. The molecule has 0 aliphatic carbocycles. The molecular weight excluding hydrogens is 462 g/mol. The highest BCUT2D eigenvalue weighted by molar-refractivity contribution is 6.10. The molecule has 3 N–H and O–H groups in total. The lowest BCUT2D eigenvalue weighted by atomic mass is 10.0. The summed E-state index contributed by atoms with van der Waals surface area (Å²) in [7, 11) is 1.88. The van der Waals surface area contributed by atoms with Crippen LogP contribution in [0.15, 0.2) is 103 Å². The van der Waals surface area contributed by atoms with E-state index in [-0.39, 0.29) is 17.5 Å². The van der Waals surface area contributed by atoms with Crippen molar-refractivity contribution in [3.05, 3.63) is 120 Å². The maximum atomic E-state index is 13.6. The Morgan fingerprint density at radius 3 is 2.22 bits per heavy atom. The number of carboxylic acid groups (broad SMARTS) is 1. The number of aromatic carboxylic acids is 1. The van der Waals surface area contributed by atoms with Gasteiger partial charge in [-0.05, 0) is 53.9 Å². The lowest BCUT2D eigenvalue weighted by molar-refractivity contribution is 0.0696. The Morgan fingerprint density at radius 2 is 1.49 bits per heavy atom. The molecule has 6 heteroatoms. The fourth-order valence-electron chi connectivity index (χ4n) is 4.60. The van der Waals surface area contributed by atoms with Gasteiger partial charge in [0.2, 0.25) is 0 Å². The molecule has 6 nitrogen and oxygen atoms in total. The van der Waals surface area contributed by atoms with Crippen molar-refractivity contribution in [2.75, 3.05) is 5.32 Å². The number of amides is 1. The van der Waals surface area contributed by atoms with Crippen LogP contribution in [0.4, 0.5) is 11.4 Å². The van der Waals surface area contributed by atoms with Crippen LogP contribution in [0.1, 0.15) is 39.4 Å². The van der Waals surface area contributed by atoms with Crippen molar-refractivity contribution in [2.45, 2.75) is 13.0 Å². The lowest BCUT2D eigenvalue weighted by Gasteiger charge is -2.17. The van der Waals surface area contributed by atoms with E-state index in [1.54, 1.807) is 24.3 Å². The molecule has 0 radical (unpaired) electrons. The molecule has 0 fully saturated rings. The van der Waals surface area contributed by atoms with Crippen LogP contribution >= 0.6 is 0 Å². The number of aryl methyl sites for hydroxylation is 1. The summed E-state index contributed by atoms with van der Waals surface area (Å²) in [6.45, 7) is 1.88. The van der Waals surface area contributed by atoms with Gasteiger partial charge < -0.3 is 20.3 Å². The van der Waals surface area contributed by atoms with Crippen LogP contribution in [0.25, 0.3) is 22.0 Å². The highest BCUT2D eigenvalue weighted by atomic mass is 16.4. The molecule has 5 aromatic rings. The molecule has 1 aromatic heterocycles. The number of benzene rings is 4. The van der Waals surface area contributed by atoms with E-state index in [4.69, 9.17) is 5.11 Å². The number of hydrogen-bond acceptors (Lipinski definition) is 3. The Bertz CT molecular complexity index is 1590. The first-order valence-corrected chi connectivity index (χ1v) is 12.1. The summed E-state index contributed by atoms with van der Waals surface area (Å²) in [4.78, 5) is 24.8. The summed E-state index contributed by atoms with van der Waals surface area (Å²) in [5, 5.41) is 16.7. The van der Waals surface area contributed by atoms with E-state index in [1.807, 2.05) is 73.1 Å². The minimum absolute atomic E-state index is 0.209. The molecule has 0 bridgehead atoms. The molecule has 1 unspecified atom stereocenters. The van der Waals surface area contributed by atoms with Crippen LogP contribution in [0.3, 0.4) is 0 Å². The number of nitrogens with zero attached hydrogens (tertiary/aromatic N) is 1. The summed E-state index contributed by atoms with van der Waals surface area (Å²) in [6.07, 6.45) is 0. The Labute approximate surface area is 215 Å². The van der Waals surface area contributed by atoms with Crippen LogP contribution in [0.2, 0.25) is 0 Å². The number of nitrogens with one attached hydrogen (secondary N) is 2. The minimum atomic E-state index is -0.981. The van der Waals surface area contributed by atoms with E-state index in [0.717, 1.165) is 39.0 Å². The number of hydrogen-bond donors (Lipinski definition) is 3. The first-order chi connectivity index (χ1) is 17.9. The zero-order valence-electron chi connectivity index (χ0n) is 20.6. The van der Waals surface area contributed by atoms with Crippen LogP contribution in [-0.4, -0.2) is 21.6 Å². The molecule has 0 aliphatic rings. The zero-order valence-corrected chi connectivity index (χ0v) is 20.6. The third-order valence-electron chi connectivity index (χ3n) is 6.57. The van der Waals surface area contributed by atoms with Gasteiger partial charge in [-0.3, -0.25) is 4.79 Å². The first kappa shape index (κ1) is 23.9. The van der Waals surface area contributed by atoms with Gasteiger partial charge in [0, 0.05) is 18.1 Å². The van der Waals surface area contributed by atoms with Crippen molar-refractivity contribution in [1.82, 2.24) is 9.88 Å². The van der Waals surface area contributed by atoms with Gasteiger partial charge in [-0.1, -0.05) is 72.8 Å². The Balaban J connectivity index is 1.48. The fourth-order valence-corrected chi connectivity index (χ4v) is 4.60.